The number of hydrogen-bond donors (Lipinski definition) is 1. The van der Waals surface area contributed by atoms with Gasteiger partial charge in [-0.2, -0.15) is 0 Å². The summed E-state index contributed by atoms with van der Waals surface area (Å²) >= 11 is 0. The molecule has 2 N–H and O–H groups in total. The molecule has 1 saturated heterocycles. The number of rotatable bonds is 3. The van der Waals surface area contributed by atoms with Crippen LogP contribution in [-0.4, -0.2) is 29.4 Å². The minimum atomic E-state index is 0.190. The molecule has 1 amide bonds. The van der Waals surface area contributed by atoms with E-state index in [9.17, 15) is 4.79 Å². The highest BCUT2D eigenvalue weighted by atomic mass is 16.2. The van der Waals surface area contributed by atoms with Gasteiger partial charge in [-0.25, -0.2) is 0 Å². The van der Waals surface area contributed by atoms with E-state index in [0.717, 1.165) is 12.8 Å². The van der Waals surface area contributed by atoms with Crippen molar-refractivity contribution in [1.29, 1.82) is 0 Å². The standard InChI is InChI=1S/C11H22N2O/c1-8(2)10-5-4-6-11(14)13(10)9(3)7-12/h8-10H,4-7,12H2,1-3H3. The second-order valence-corrected chi connectivity index (χ2v) is 4.59. The molecular formula is C11H22N2O. The third-order valence-corrected chi connectivity index (χ3v) is 3.12. The maximum absolute atomic E-state index is 11.8. The molecule has 2 atom stereocenters. The fourth-order valence-electron chi connectivity index (χ4n) is 2.26. The normalized spacial score (nSPS) is 25.6. The molecule has 0 radical (unpaired) electrons. The third-order valence-electron chi connectivity index (χ3n) is 3.12. The molecule has 0 aromatic rings. The van der Waals surface area contributed by atoms with Crippen LogP contribution >= 0.6 is 0 Å². The summed E-state index contributed by atoms with van der Waals surface area (Å²) in [5.74, 6) is 0.821. The Hall–Kier alpha value is -0.570. The van der Waals surface area contributed by atoms with Gasteiger partial charge in [-0.15, -0.1) is 0 Å². The molecule has 1 heterocycles. The molecule has 1 fully saturated rings. The van der Waals surface area contributed by atoms with Crippen LogP contribution in [0.2, 0.25) is 0 Å². The van der Waals surface area contributed by atoms with Crippen molar-refractivity contribution in [2.75, 3.05) is 6.54 Å². The highest BCUT2D eigenvalue weighted by molar-refractivity contribution is 5.77. The predicted octanol–water partition coefficient (Wildman–Crippen LogP) is 1.37. The van der Waals surface area contributed by atoms with E-state index < -0.39 is 0 Å². The van der Waals surface area contributed by atoms with Gasteiger partial charge in [0.05, 0.1) is 0 Å². The lowest BCUT2D eigenvalue weighted by Crippen LogP contribution is -2.53. The Morgan fingerprint density at radius 3 is 2.64 bits per heavy atom. The SMILES string of the molecule is CC(C)C1CCCC(=O)N1C(C)CN. The summed E-state index contributed by atoms with van der Waals surface area (Å²) in [4.78, 5) is 13.8. The average molecular weight is 198 g/mol. The molecule has 3 heteroatoms. The largest absolute Gasteiger partial charge is 0.335 e. The van der Waals surface area contributed by atoms with Gasteiger partial charge >= 0.3 is 0 Å². The number of nitrogens with zero attached hydrogens (tertiary/aromatic N) is 1. The number of likely N-dealkylation sites (tertiary alicyclic amines) is 1. The maximum Gasteiger partial charge on any atom is 0.223 e. The molecule has 14 heavy (non-hydrogen) atoms. The summed E-state index contributed by atoms with van der Waals surface area (Å²) in [5, 5.41) is 0. The zero-order valence-electron chi connectivity index (χ0n) is 9.49. The Morgan fingerprint density at radius 2 is 2.14 bits per heavy atom. The van der Waals surface area contributed by atoms with Gasteiger partial charge in [-0.1, -0.05) is 13.8 Å². The molecule has 0 saturated carbocycles. The first-order valence-electron chi connectivity index (χ1n) is 5.59. The lowest BCUT2D eigenvalue weighted by Gasteiger charge is -2.41. The monoisotopic (exact) mass is 198 g/mol. The van der Waals surface area contributed by atoms with Crippen LogP contribution in [0.25, 0.3) is 0 Å². The number of hydrogen-bond acceptors (Lipinski definition) is 2. The van der Waals surface area contributed by atoms with E-state index in [0.29, 0.717) is 24.9 Å². The van der Waals surface area contributed by atoms with Crippen molar-refractivity contribution in [3.8, 4) is 0 Å². The van der Waals surface area contributed by atoms with Crippen molar-refractivity contribution in [3.05, 3.63) is 0 Å². The van der Waals surface area contributed by atoms with Crippen LogP contribution in [0, 0.1) is 5.92 Å². The van der Waals surface area contributed by atoms with Crippen molar-refractivity contribution < 1.29 is 4.79 Å². The summed E-state index contributed by atoms with van der Waals surface area (Å²) in [6.45, 7) is 6.96. The van der Waals surface area contributed by atoms with Gasteiger partial charge in [-0.05, 0) is 25.7 Å². The van der Waals surface area contributed by atoms with Crippen molar-refractivity contribution in [2.24, 2.45) is 11.7 Å². The summed E-state index contributed by atoms with van der Waals surface area (Å²) < 4.78 is 0. The zero-order chi connectivity index (χ0) is 10.7. The lowest BCUT2D eigenvalue weighted by molar-refractivity contribution is -0.140. The molecule has 0 bridgehead atoms. The van der Waals surface area contributed by atoms with Crippen molar-refractivity contribution in [2.45, 2.75) is 52.1 Å². The van der Waals surface area contributed by atoms with Crippen molar-refractivity contribution in [1.82, 2.24) is 4.90 Å². The van der Waals surface area contributed by atoms with Crippen LogP contribution in [0.15, 0.2) is 0 Å². The maximum atomic E-state index is 11.8. The van der Waals surface area contributed by atoms with E-state index in [1.807, 2.05) is 11.8 Å². The molecule has 0 aromatic carbocycles. The van der Waals surface area contributed by atoms with E-state index in [1.165, 1.54) is 0 Å². The Labute approximate surface area is 86.6 Å². The summed E-state index contributed by atoms with van der Waals surface area (Å²) in [7, 11) is 0. The predicted molar refractivity (Wildman–Crippen MR) is 57.8 cm³/mol. The molecule has 0 aliphatic carbocycles. The number of carbonyl (C=O) groups is 1. The van der Waals surface area contributed by atoms with Crippen molar-refractivity contribution in [3.63, 3.8) is 0 Å². The number of piperidine rings is 1. The Kier molecular flexibility index (Phi) is 3.93. The minimum absolute atomic E-state index is 0.190. The Bertz CT molecular complexity index is 203. The smallest absolute Gasteiger partial charge is 0.223 e. The summed E-state index contributed by atoms with van der Waals surface area (Å²) in [6, 6.07) is 0.588. The van der Waals surface area contributed by atoms with Gasteiger partial charge in [0.1, 0.15) is 0 Å². The molecular weight excluding hydrogens is 176 g/mol. The van der Waals surface area contributed by atoms with E-state index in [4.69, 9.17) is 5.73 Å². The van der Waals surface area contributed by atoms with Gasteiger partial charge in [0.15, 0.2) is 0 Å². The number of amides is 1. The van der Waals surface area contributed by atoms with Gasteiger partial charge in [0.25, 0.3) is 0 Å². The second-order valence-electron chi connectivity index (χ2n) is 4.59. The van der Waals surface area contributed by atoms with Gasteiger partial charge < -0.3 is 10.6 Å². The van der Waals surface area contributed by atoms with Gasteiger partial charge in [0.2, 0.25) is 5.91 Å². The Morgan fingerprint density at radius 1 is 1.50 bits per heavy atom. The van der Waals surface area contributed by atoms with E-state index in [2.05, 4.69) is 13.8 Å². The van der Waals surface area contributed by atoms with Crippen LogP contribution in [0.1, 0.15) is 40.0 Å². The molecule has 82 valence electrons. The van der Waals surface area contributed by atoms with Crippen LogP contribution in [0.3, 0.4) is 0 Å². The first-order valence-corrected chi connectivity index (χ1v) is 5.59. The number of carbonyl (C=O) groups excluding carboxylic acids is 1. The fraction of sp³-hybridized carbons (Fsp3) is 0.909. The molecule has 1 aliphatic heterocycles. The highest BCUT2D eigenvalue weighted by Crippen LogP contribution is 2.25. The van der Waals surface area contributed by atoms with Gasteiger partial charge in [0, 0.05) is 25.0 Å². The van der Waals surface area contributed by atoms with E-state index >= 15 is 0 Å². The van der Waals surface area contributed by atoms with Crippen LogP contribution in [0.5, 0.6) is 0 Å². The first-order chi connectivity index (χ1) is 6.57. The van der Waals surface area contributed by atoms with E-state index in [-0.39, 0.29) is 11.9 Å². The van der Waals surface area contributed by atoms with Gasteiger partial charge in [-0.3, -0.25) is 4.79 Å². The lowest BCUT2D eigenvalue weighted by atomic mass is 9.91. The topological polar surface area (TPSA) is 46.3 Å². The molecule has 2 unspecified atom stereocenters. The quantitative estimate of drug-likeness (QED) is 0.744. The summed E-state index contributed by atoms with van der Waals surface area (Å²) in [5.41, 5.74) is 5.63. The molecule has 3 nitrogen and oxygen atoms in total. The zero-order valence-corrected chi connectivity index (χ0v) is 9.49. The summed E-state index contributed by atoms with van der Waals surface area (Å²) in [6.07, 6.45) is 2.87. The molecule has 1 aliphatic rings. The third kappa shape index (κ3) is 2.27. The minimum Gasteiger partial charge on any atom is -0.335 e. The Balaban J connectivity index is 2.75. The molecule has 1 rings (SSSR count). The average Bonchev–Trinajstić information content (AvgIpc) is 2.16. The van der Waals surface area contributed by atoms with Crippen LogP contribution in [-0.2, 0) is 4.79 Å². The van der Waals surface area contributed by atoms with Crippen LogP contribution < -0.4 is 5.73 Å². The molecule has 0 spiro atoms. The van der Waals surface area contributed by atoms with Crippen LogP contribution in [0.4, 0.5) is 0 Å². The number of nitrogens with two attached hydrogens (primary N) is 1. The molecule has 0 aromatic heterocycles. The first kappa shape index (κ1) is 11.5. The second kappa shape index (κ2) is 4.78. The fourth-order valence-corrected chi connectivity index (χ4v) is 2.26. The van der Waals surface area contributed by atoms with Crippen molar-refractivity contribution >= 4 is 5.91 Å². The van der Waals surface area contributed by atoms with E-state index in [1.54, 1.807) is 0 Å². The highest BCUT2D eigenvalue weighted by Gasteiger charge is 2.32.